The SMILES string of the molecule is c1ccc2c(c1)c1ccccc1n2-c1ccc(N(c2ccc(-n3c4ccccc4c4cccnc43)cc2)c2ccc(-n3c4ccccc4c4cccnc43)cc2)cc1. The highest BCUT2D eigenvalue weighted by atomic mass is 15.1. The monoisotopic (exact) mass is 742 g/mol. The molecule has 0 bridgehead atoms. The summed E-state index contributed by atoms with van der Waals surface area (Å²) in [5.74, 6) is 0. The van der Waals surface area contributed by atoms with E-state index in [-0.39, 0.29) is 0 Å². The topological polar surface area (TPSA) is 43.8 Å². The average Bonchev–Trinajstić information content (AvgIpc) is 3.93. The molecule has 0 fully saturated rings. The Hall–Kier alpha value is -7.96. The van der Waals surface area contributed by atoms with E-state index in [4.69, 9.17) is 9.97 Å². The third-order valence-electron chi connectivity index (χ3n) is 11.5. The Bertz CT molecular complexity index is 2970. The van der Waals surface area contributed by atoms with Gasteiger partial charge >= 0.3 is 0 Å². The summed E-state index contributed by atoms with van der Waals surface area (Å²) in [6.45, 7) is 0. The zero-order valence-electron chi connectivity index (χ0n) is 31.3. The summed E-state index contributed by atoms with van der Waals surface area (Å²) in [5.41, 5.74) is 12.9. The van der Waals surface area contributed by atoms with Crippen LogP contribution in [0, 0.1) is 0 Å². The fraction of sp³-hybridized carbons (Fsp3) is 0. The van der Waals surface area contributed by atoms with Gasteiger partial charge < -0.3 is 9.47 Å². The van der Waals surface area contributed by atoms with Crippen molar-refractivity contribution in [2.45, 2.75) is 0 Å². The van der Waals surface area contributed by atoms with Crippen LogP contribution in [-0.2, 0) is 0 Å². The normalized spacial score (nSPS) is 11.8. The fourth-order valence-corrected chi connectivity index (χ4v) is 9.01. The summed E-state index contributed by atoms with van der Waals surface area (Å²) in [4.78, 5) is 12.0. The van der Waals surface area contributed by atoms with E-state index in [0.717, 1.165) is 67.2 Å². The molecule has 5 heterocycles. The Labute approximate surface area is 333 Å². The molecule has 12 aromatic rings. The molecule has 0 spiro atoms. The van der Waals surface area contributed by atoms with E-state index in [1.807, 2.05) is 24.5 Å². The van der Waals surface area contributed by atoms with Gasteiger partial charge in [0.2, 0.25) is 0 Å². The van der Waals surface area contributed by atoms with E-state index in [2.05, 4.69) is 201 Å². The van der Waals surface area contributed by atoms with Gasteiger partial charge in [-0.3, -0.25) is 9.13 Å². The minimum atomic E-state index is 0.948. The van der Waals surface area contributed by atoms with Gasteiger partial charge in [-0.25, -0.2) is 9.97 Å². The molecule has 0 aliphatic carbocycles. The minimum Gasteiger partial charge on any atom is -0.310 e. The van der Waals surface area contributed by atoms with Crippen LogP contribution in [0.4, 0.5) is 17.1 Å². The van der Waals surface area contributed by atoms with Gasteiger partial charge in [-0.2, -0.15) is 0 Å². The number of nitrogens with zero attached hydrogens (tertiary/aromatic N) is 6. The van der Waals surface area contributed by atoms with Crippen molar-refractivity contribution < 1.29 is 0 Å². The lowest BCUT2D eigenvalue weighted by Gasteiger charge is -2.26. The predicted octanol–water partition coefficient (Wildman–Crippen LogP) is 13.2. The molecule has 272 valence electrons. The molecule has 6 heteroatoms. The maximum absolute atomic E-state index is 4.83. The standard InChI is InChI=1S/C52H34N6/c1-5-17-47-41(11-1)42-12-2-6-18-48(42)56(47)38-27-21-35(22-28-38)55(36-23-29-39(30-24-36)57-49-19-7-3-13-43(49)45-15-9-33-53-51(45)57)37-25-31-40(32-26-37)58-50-20-8-4-14-44(50)46-16-10-34-54-52(46)58/h1-34H. The van der Waals surface area contributed by atoms with Crippen molar-refractivity contribution >= 4 is 82.7 Å². The number of anilines is 3. The van der Waals surface area contributed by atoms with Crippen molar-refractivity contribution in [2.24, 2.45) is 0 Å². The van der Waals surface area contributed by atoms with E-state index >= 15 is 0 Å². The first kappa shape index (κ1) is 32.3. The molecule has 0 saturated heterocycles. The van der Waals surface area contributed by atoms with Gasteiger partial charge in [0.1, 0.15) is 11.3 Å². The molecule has 12 rings (SSSR count). The van der Waals surface area contributed by atoms with Crippen LogP contribution in [0.1, 0.15) is 0 Å². The molecule has 0 atom stereocenters. The van der Waals surface area contributed by atoms with Gasteiger partial charge in [-0.05, 0) is 121 Å². The lowest BCUT2D eigenvalue weighted by Crippen LogP contribution is -2.10. The van der Waals surface area contributed by atoms with Crippen molar-refractivity contribution in [3.63, 3.8) is 0 Å². The fourth-order valence-electron chi connectivity index (χ4n) is 9.01. The van der Waals surface area contributed by atoms with Gasteiger partial charge in [0.05, 0.1) is 22.1 Å². The second kappa shape index (κ2) is 12.8. The summed E-state index contributed by atoms with van der Waals surface area (Å²) >= 11 is 0. The zero-order valence-corrected chi connectivity index (χ0v) is 31.3. The van der Waals surface area contributed by atoms with Crippen LogP contribution in [-0.4, -0.2) is 23.7 Å². The predicted molar refractivity (Wildman–Crippen MR) is 240 cm³/mol. The molecule has 58 heavy (non-hydrogen) atoms. The van der Waals surface area contributed by atoms with Crippen molar-refractivity contribution in [1.82, 2.24) is 23.7 Å². The zero-order chi connectivity index (χ0) is 38.2. The maximum Gasteiger partial charge on any atom is 0.145 e. The minimum absolute atomic E-state index is 0.948. The van der Waals surface area contributed by atoms with Crippen LogP contribution in [0.5, 0.6) is 0 Å². The van der Waals surface area contributed by atoms with Gasteiger partial charge in [-0.15, -0.1) is 0 Å². The number of benzene rings is 7. The third-order valence-corrected chi connectivity index (χ3v) is 11.5. The van der Waals surface area contributed by atoms with Crippen molar-refractivity contribution in [3.05, 3.63) is 207 Å². The number of fused-ring (bicyclic) bond motifs is 9. The van der Waals surface area contributed by atoms with Crippen LogP contribution < -0.4 is 4.90 Å². The highest BCUT2D eigenvalue weighted by Crippen LogP contribution is 2.39. The van der Waals surface area contributed by atoms with Crippen LogP contribution in [0.25, 0.3) is 82.7 Å². The van der Waals surface area contributed by atoms with Crippen LogP contribution in [0.2, 0.25) is 0 Å². The highest BCUT2D eigenvalue weighted by Gasteiger charge is 2.19. The highest BCUT2D eigenvalue weighted by molar-refractivity contribution is 6.10. The molecule has 0 radical (unpaired) electrons. The Morgan fingerprint density at radius 1 is 0.276 bits per heavy atom. The van der Waals surface area contributed by atoms with Crippen LogP contribution in [0.3, 0.4) is 0 Å². The van der Waals surface area contributed by atoms with Crippen LogP contribution in [0.15, 0.2) is 207 Å². The number of pyridine rings is 2. The third kappa shape index (κ3) is 4.85. The molecule has 5 aromatic heterocycles. The summed E-state index contributed by atoms with van der Waals surface area (Å²) < 4.78 is 6.88. The number of rotatable bonds is 6. The second-order valence-corrected chi connectivity index (χ2v) is 14.7. The first-order valence-electron chi connectivity index (χ1n) is 19.6. The molecule has 0 N–H and O–H groups in total. The van der Waals surface area contributed by atoms with Gasteiger partial charge in [-0.1, -0.05) is 72.8 Å². The number of aromatic nitrogens is 5. The van der Waals surface area contributed by atoms with Gasteiger partial charge in [0.25, 0.3) is 0 Å². The second-order valence-electron chi connectivity index (χ2n) is 14.7. The van der Waals surface area contributed by atoms with Crippen molar-refractivity contribution in [3.8, 4) is 17.1 Å². The lowest BCUT2D eigenvalue weighted by molar-refractivity contribution is 1.13. The summed E-state index contributed by atoms with van der Waals surface area (Å²) in [6.07, 6.45) is 3.74. The molecular formula is C52H34N6. The molecule has 0 unspecified atom stereocenters. The molecule has 6 nitrogen and oxygen atoms in total. The smallest absolute Gasteiger partial charge is 0.145 e. The molecule has 0 aliphatic rings. The average molecular weight is 743 g/mol. The van der Waals surface area contributed by atoms with Crippen molar-refractivity contribution in [2.75, 3.05) is 4.90 Å². The molecule has 0 aliphatic heterocycles. The van der Waals surface area contributed by atoms with E-state index in [9.17, 15) is 0 Å². The first-order chi connectivity index (χ1) is 28.8. The van der Waals surface area contributed by atoms with E-state index in [1.165, 1.54) is 32.6 Å². The summed E-state index contributed by atoms with van der Waals surface area (Å²) in [5, 5.41) is 7.18. The largest absolute Gasteiger partial charge is 0.310 e. The molecule has 0 amide bonds. The molecule has 7 aromatic carbocycles. The maximum atomic E-state index is 4.83. The number of para-hydroxylation sites is 4. The van der Waals surface area contributed by atoms with Crippen LogP contribution >= 0.6 is 0 Å². The number of hydrogen-bond acceptors (Lipinski definition) is 3. The van der Waals surface area contributed by atoms with E-state index in [1.54, 1.807) is 0 Å². The van der Waals surface area contributed by atoms with Crippen molar-refractivity contribution in [1.29, 1.82) is 0 Å². The Balaban J connectivity index is 0.996. The van der Waals surface area contributed by atoms with E-state index in [0.29, 0.717) is 0 Å². The Morgan fingerprint density at radius 2 is 0.569 bits per heavy atom. The lowest BCUT2D eigenvalue weighted by atomic mass is 10.1. The summed E-state index contributed by atoms with van der Waals surface area (Å²) in [6, 6.07) is 69.3. The Kier molecular flexibility index (Phi) is 7.13. The number of hydrogen-bond donors (Lipinski definition) is 0. The molecule has 0 saturated carbocycles. The van der Waals surface area contributed by atoms with Gasteiger partial charge in [0, 0.05) is 78.8 Å². The van der Waals surface area contributed by atoms with Gasteiger partial charge in [0.15, 0.2) is 0 Å². The quantitative estimate of drug-likeness (QED) is 0.170. The van der Waals surface area contributed by atoms with E-state index < -0.39 is 0 Å². The molecular weight excluding hydrogens is 709 g/mol. The summed E-state index contributed by atoms with van der Waals surface area (Å²) in [7, 11) is 0. The Morgan fingerprint density at radius 3 is 0.948 bits per heavy atom. The first-order valence-corrected chi connectivity index (χ1v) is 19.6.